The zero-order chi connectivity index (χ0) is 11.8. The summed E-state index contributed by atoms with van der Waals surface area (Å²) in [6, 6.07) is 8.47. The smallest absolute Gasteiger partial charge is 0.0973 e. The molecule has 2 heterocycles. The van der Waals surface area contributed by atoms with Gasteiger partial charge in [-0.05, 0) is 38.1 Å². The van der Waals surface area contributed by atoms with Gasteiger partial charge in [0.05, 0.1) is 15.2 Å². The van der Waals surface area contributed by atoms with Gasteiger partial charge in [-0.15, -0.1) is 11.3 Å². The van der Waals surface area contributed by atoms with Crippen molar-refractivity contribution in [1.29, 1.82) is 0 Å². The van der Waals surface area contributed by atoms with E-state index in [2.05, 4.69) is 43.1 Å². The van der Waals surface area contributed by atoms with Crippen LogP contribution in [0.15, 0.2) is 24.3 Å². The highest BCUT2D eigenvalue weighted by Gasteiger charge is 2.27. The van der Waals surface area contributed by atoms with Crippen molar-refractivity contribution in [3.63, 3.8) is 0 Å². The maximum atomic E-state index is 4.81. The van der Waals surface area contributed by atoms with Gasteiger partial charge >= 0.3 is 0 Å². The van der Waals surface area contributed by atoms with Gasteiger partial charge in [-0.25, -0.2) is 4.98 Å². The highest BCUT2D eigenvalue weighted by atomic mass is 32.1. The number of thiazole rings is 1. The summed E-state index contributed by atoms with van der Waals surface area (Å²) in [5.41, 5.74) is 1.17. The molecule has 2 atom stereocenters. The fraction of sp³-hybridized carbons (Fsp3) is 0.500. The van der Waals surface area contributed by atoms with Crippen LogP contribution in [0.2, 0.25) is 0 Å². The van der Waals surface area contributed by atoms with E-state index in [0.717, 1.165) is 0 Å². The van der Waals surface area contributed by atoms with Gasteiger partial charge in [0.15, 0.2) is 0 Å². The zero-order valence-corrected chi connectivity index (χ0v) is 11.2. The highest BCUT2D eigenvalue weighted by Crippen LogP contribution is 2.36. The molecule has 1 aliphatic heterocycles. The number of likely N-dealkylation sites (tertiary alicyclic amines) is 1. The van der Waals surface area contributed by atoms with Gasteiger partial charge in [-0.1, -0.05) is 19.1 Å². The Morgan fingerprint density at radius 2 is 2.18 bits per heavy atom. The SMILES string of the molecule is CC1CN(C)CCC1c1nc2ccccc2s1. The second kappa shape index (κ2) is 4.39. The molecule has 1 aromatic heterocycles. The monoisotopic (exact) mass is 246 g/mol. The molecule has 0 saturated carbocycles. The number of para-hydroxylation sites is 1. The molecule has 1 aliphatic rings. The predicted octanol–water partition coefficient (Wildman–Crippen LogP) is 3.35. The average Bonchev–Trinajstić information content (AvgIpc) is 2.72. The molecule has 0 spiro atoms. The van der Waals surface area contributed by atoms with E-state index in [1.165, 1.54) is 34.7 Å². The summed E-state index contributed by atoms with van der Waals surface area (Å²) in [7, 11) is 2.21. The van der Waals surface area contributed by atoms with E-state index in [1.807, 2.05) is 11.3 Å². The number of hydrogen-bond acceptors (Lipinski definition) is 3. The van der Waals surface area contributed by atoms with Gasteiger partial charge in [0.1, 0.15) is 0 Å². The van der Waals surface area contributed by atoms with E-state index >= 15 is 0 Å². The number of rotatable bonds is 1. The molecule has 0 bridgehead atoms. The van der Waals surface area contributed by atoms with E-state index in [1.54, 1.807) is 0 Å². The third-order valence-electron chi connectivity index (χ3n) is 3.74. The minimum absolute atomic E-state index is 0.656. The maximum Gasteiger partial charge on any atom is 0.0973 e. The Balaban J connectivity index is 1.93. The summed E-state index contributed by atoms with van der Waals surface area (Å²) in [4.78, 5) is 7.24. The number of nitrogens with zero attached hydrogens (tertiary/aromatic N) is 2. The second-order valence-electron chi connectivity index (χ2n) is 5.15. The van der Waals surface area contributed by atoms with Crippen LogP contribution < -0.4 is 0 Å². The fourth-order valence-corrected chi connectivity index (χ4v) is 4.01. The minimum atomic E-state index is 0.656. The van der Waals surface area contributed by atoms with Crippen LogP contribution >= 0.6 is 11.3 Å². The molecule has 17 heavy (non-hydrogen) atoms. The van der Waals surface area contributed by atoms with Crippen LogP contribution in [0.25, 0.3) is 10.2 Å². The van der Waals surface area contributed by atoms with Crippen molar-refractivity contribution in [1.82, 2.24) is 9.88 Å². The second-order valence-corrected chi connectivity index (χ2v) is 6.22. The lowest BCUT2D eigenvalue weighted by Crippen LogP contribution is -2.35. The van der Waals surface area contributed by atoms with E-state index in [0.29, 0.717) is 11.8 Å². The Morgan fingerprint density at radius 3 is 2.94 bits per heavy atom. The summed E-state index contributed by atoms with van der Waals surface area (Å²) in [5.74, 6) is 1.37. The third kappa shape index (κ3) is 2.09. The molecule has 1 aromatic carbocycles. The molecule has 0 radical (unpaired) electrons. The van der Waals surface area contributed by atoms with Gasteiger partial charge in [0.2, 0.25) is 0 Å². The first-order valence-electron chi connectivity index (χ1n) is 6.28. The first kappa shape index (κ1) is 11.2. The van der Waals surface area contributed by atoms with Crippen molar-refractivity contribution >= 4 is 21.6 Å². The van der Waals surface area contributed by atoms with E-state index in [-0.39, 0.29) is 0 Å². The Morgan fingerprint density at radius 1 is 1.35 bits per heavy atom. The van der Waals surface area contributed by atoms with Gasteiger partial charge in [-0.2, -0.15) is 0 Å². The number of piperidine rings is 1. The first-order valence-corrected chi connectivity index (χ1v) is 7.09. The Labute approximate surface area is 106 Å². The highest BCUT2D eigenvalue weighted by molar-refractivity contribution is 7.18. The average molecular weight is 246 g/mol. The van der Waals surface area contributed by atoms with Gasteiger partial charge in [-0.3, -0.25) is 0 Å². The van der Waals surface area contributed by atoms with Gasteiger partial charge < -0.3 is 4.90 Å². The molecule has 2 unspecified atom stereocenters. The van der Waals surface area contributed by atoms with E-state index in [9.17, 15) is 0 Å². The van der Waals surface area contributed by atoms with Crippen molar-refractivity contribution in [2.24, 2.45) is 5.92 Å². The van der Waals surface area contributed by atoms with Crippen LogP contribution in [0.3, 0.4) is 0 Å². The number of benzene rings is 1. The number of aromatic nitrogens is 1. The molecule has 2 aromatic rings. The molecule has 2 nitrogen and oxygen atoms in total. The van der Waals surface area contributed by atoms with Gasteiger partial charge in [0.25, 0.3) is 0 Å². The summed E-state index contributed by atoms with van der Waals surface area (Å²) in [6.07, 6.45) is 1.25. The van der Waals surface area contributed by atoms with Crippen LogP contribution in [0.1, 0.15) is 24.3 Å². The molecule has 1 fully saturated rings. The normalized spacial score (nSPS) is 26.5. The number of fused-ring (bicyclic) bond motifs is 1. The molecule has 0 aliphatic carbocycles. The van der Waals surface area contributed by atoms with Gasteiger partial charge in [0, 0.05) is 12.5 Å². The topological polar surface area (TPSA) is 16.1 Å². The van der Waals surface area contributed by atoms with E-state index < -0.39 is 0 Å². The first-order chi connectivity index (χ1) is 8.24. The molecular formula is C14H18N2S. The lowest BCUT2D eigenvalue weighted by molar-refractivity contribution is 0.195. The van der Waals surface area contributed by atoms with Crippen LogP contribution in [-0.4, -0.2) is 30.0 Å². The zero-order valence-electron chi connectivity index (χ0n) is 10.4. The van der Waals surface area contributed by atoms with Crippen molar-refractivity contribution < 1.29 is 0 Å². The molecule has 0 amide bonds. The number of hydrogen-bond donors (Lipinski definition) is 0. The Hall–Kier alpha value is -0.930. The molecule has 3 rings (SSSR count). The van der Waals surface area contributed by atoms with E-state index in [4.69, 9.17) is 4.98 Å². The van der Waals surface area contributed by atoms with Crippen LogP contribution in [0.4, 0.5) is 0 Å². The Kier molecular flexibility index (Phi) is 2.89. The molecule has 1 saturated heterocycles. The summed E-state index contributed by atoms with van der Waals surface area (Å²) >= 11 is 1.88. The fourth-order valence-electron chi connectivity index (χ4n) is 2.77. The van der Waals surface area contributed by atoms with Crippen molar-refractivity contribution in [3.8, 4) is 0 Å². The van der Waals surface area contributed by atoms with Crippen molar-refractivity contribution in [3.05, 3.63) is 29.3 Å². The van der Waals surface area contributed by atoms with Crippen molar-refractivity contribution in [2.75, 3.05) is 20.1 Å². The standard InChI is InChI=1S/C14H18N2S/c1-10-9-16(2)8-7-11(10)14-15-12-5-3-4-6-13(12)17-14/h3-6,10-11H,7-9H2,1-2H3. The maximum absolute atomic E-state index is 4.81. The minimum Gasteiger partial charge on any atom is -0.306 e. The largest absolute Gasteiger partial charge is 0.306 e. The summed E-state index contributed by atoms with van der Waals surface area (Å²) < 4.78 is 1.33. The van der Waals surface area contributed by atoms with Crippen LogP contribution in [0, 0.1) is 5.92 Å². The molecule has 0 N–H and O–H groups in total. The van der Waals surface area contributed by atoms with Crippen molar-refractivity contribution in [2.45, 2.75) is 19.3 Å². The summed E-state index contributed by atoms with van der Waals surface area (Å²) in [6.45, 7) is 4.75. The predicted molar refractivity (Wildman–Crippen MR) is 73.6 cm³/mol. The van der Waals surface area contributed by atoms with Crippen LogP contribution in [-0.2, 0) is 0 Å². The summed E-state index contributed by atoms with van der Waals surface area (Å²) in [5, 5.41) is 1.34. The Bertz CT molecular complexity index is 487. The quantitative estimate of drug-likeness (QED) is 0.767. The molecule has 3 heteroatoms. The van der Waals surface area contributed by atoms with Crippen LogP contribution in [0.5, 0.6) is 0 Å². The lowest BCUT2D eigenvalue weighted by Gasteiger charge is -2.33. The molecular weight excluding hydrogens is 228 g/mol. The lowest BCUT2D eigenvalue weighted by atomic mass is 9.88. The third-order valence-corrected chi connectivity index (χ3v) is 4.90. The molecule has 90 valence electrons.